The molecule has 6 heteroatoms. The fourth-order valence-corrected chi connectivity index (χ4v) is 1.24. The van der Waals surface area contributed by atoms with Gasteiger partial charge in [0.2, 0.25) is 0 Å². The maximum atomic E-state index is 11.4. The minimum atomic E-state index is -0.240. The average Bonchev–Trinajstić information content (AvgIpc) is 2.14. The van der Waals surface area contributed by atoms with E-state index in [1.54, 1.807) is 6.08 Å². The molecular formula is C7H9BrN4O. The Labute approximate surface area is 83.3 Å². The Balaban J connectivity index is 3.23. The molecule has 0 saturated heterocycles. The van der Waals surface area contributed by atoms with Gasteiger partial charge in [-0.25, -0.2) is 4.68 Å². The predicted octanol–water partition coefficient (Wildman–Crippen LogP) is 0.477. The zero-order valence-corrected chi connectivity index (χ0v) is 8.41. The van der Waals surface area contributed by atoms with Gasteiger partial charge in [0.25, 0.3) is 5.56 Å². The normalized spacial score (nSPS) is 9.69. The molecule has 0 aromatic carbocycles. The van der Waals surface area contributed by atoms with Crippen LogP contribution in [0.3, 0.4) is 0 Å². The molecule has 1 aromatic rings. The van der Waals surface area contributed by atoms with Crippen molar-refractivity contribution in [2.75, 3.05) is 5.43 Å². The number of hydrazine groups is 1. The van der Waals surface area contributed by atoms with Crippen LogP contribution in [-0.2, 0) is 6.54 Å². The first-order chi connectivity index (χ1) is 6.20. The van der Waals surface area contributed by atoms with Crippen molar-refractivity contribution < 1.29 is 0 Å². The first kappa shape index (κ1) is 9.94. The van der Waals surface area contributed by atoms with Crippen LogP contribution in [0.1, 0.15) is 0 Å². The van der Waals surface area contributed by atoms with Crippen molar-refractivity contribution in [2.24, 2.45) is 5.84 Å². The average molecular weight is 245 g/mol. The predicted molar refractivity (Wildman–Crippen MR) is 54.2 cm³/mol. The summed E-state index contributed by atoms with van der Waals surface area (Å²) in [7, 11) is 0. The molecule has 0 bridgehead atoms. The zero-order valence-electron chi connectivity index (χ0n) is 6.83. The highest BCUT2D eigenvalue weighted by Gasteiger charge is 2.05. The standard InChI is InChI=1S/C7H9BrN4O/c1-2-3-12-7(13)6(8)5(11-9)4-10-12/h2,4,11H,1,3,9H2. The highest BCUT2D eigenvalue weighted by atomic mass is 79.9. The molecule has 0 radical (unpaired) electrons. The largest absolute Gasteiger partial charge is 0.321 e. The zero-order chi connectivity index (χ0) is 9.84. The first-order valence-corrected chi connectivity index (χ1v) is 4.33. The number of aromatic nitrogens is 2. The number of anilines is 1. The molecule has 0 fully saturated rings. The summed E-state index contributed by atoms with van der Waals surface area (Å²) in [6.07, 6.45) is 3.06. The number of halogens is 1. The molecular weight excluding hydrogens is 236 g/mol. The highest BCUT2D eigenvalue weighted by Crippen LogP contribution is 2.13. The van der Waals surface area contributed by atoms with Gasteiger partial charge in [0.05, 0.1) is 18.4 Å². The van der Waals surface area contributed by atoms with E-state index in [4.69, 9.17) is 5.84 Å². The van der Waals surface area contributed by atoms with Crippen molar-refractivity contribution in [3.8, 4) is 0 Å². The SMILES string of the molecule is C=CCn1ncc(NN)c(Br)c1=O. The molecule has 1 rings (SSSR count). The van der Waals surface area contributed by atoms with E-state index < -0.39 is 0 Å². The van der Waals surface area contributed by atoms with Gasteiger partial charge in [0, 0.05) is 0 Å². The van der Waals surface area contributed by atoms with Crippen molar-refractivity contribution in [1.82, 2.24) is 9.78 Å². The van der Waals surface area contributed by atoms with Gasteiger partial charge in [-0.3, -0.25) is 10.6 Å². The topological polar surface area (TPSA) is 72.9 Å². The molecule has 0 aliphatic rings. The Morgan fingerprint density at radius 1 is 1.85 bits per heavy atom. The van der Waals surface area contributed by atoms with Crippen LogP contribution >= 0.6 is 15.9 Å². The maximum Gasteiger partial charge on any atom is 0.283 e. The lowest BCUT2D eigenvalue weighted by Crippen LogP contribution is -2.24. The van der Waals surface area contributed by atoms with Crippen LogP contribution in [0.5, 0.6) is 0 Å². The summed E-state index contributed by atoms with van der Waals surface area (Å²) in [6, 6.07) is 0. The molecule has 13 heavy (non-hydrogen) atoms. The molecule has 1 heterocycles. The number of hydrogen-bond donors (Lipinski definition) is 2. The number of rotatable bonds is 3. The summed E-state index contributed by atoms with van der Waals surface area (Å²) in [5.74, 6) is 5.16. The molecule has 0 aliphatic carbocycles. The van der Waals surface area contributed by atoms with Gasteiger partial charge in [-0.1, -0.05) is 6.08 Å². The maximum absolute atomic E-state index is 11.4. The second-order valence-electron chi connectivity index (χ2n) is 2.29. The lowest BCUT2D eigenvalue weighted by molar-refractivity contribution is 0.649. The molecule has 0 amide bonds. The van der Waals surface area contributed by atoms with Crippen LogP contribution in [0.25, 0.3) is 0 Å². The second kappa shape index (κ2) is 4.20. The monoisotopic (exact) mass is 244 g/mol. The third kappa shape index (κ3) is 1.96. The quantitative estimate of drug-likeness (QED) is 0.461. The fourth-order valence-electron chi connectivity index (χ4n) is 0.818. The number of nitrogens with one attached hydrogen (secondary N) is 1. The lowest BCUT2D eigenvalue weighted by atomic mass is 10.5. The Hall–Kier alpha value is -1.14. The lowest BCUT2D eigenvalue weighted by Gasteiger charge is -2.04. The highest BCUT2D eigenvalue weighted by molar-refractivity contribution is 9.10. The molecule has 5 nitrogen and oxygen atoms in total. The van der Waals surface area contributed by atoms with Crippen LogP contribution < -0.4 is 16.8 Å². The number of nitrogens with zero attached hydrogens (tertiary/aromatic N) is 2. The molecule has 70 valence electrons. The van der Waals surface area contributed by atoms with Crippen molar-refractivity contribution in [2.45, 2.75) is 6.54 Å². The minimum absolute atomic E-state index is 0.240. The number of allylic oxidation sites excluding steroid dienone is 1. The molecule has 0 spiro atoms. The number of nitrogens with two attached hydrogens (primary N) is 1. The first-order valence-electron chi connectivity index (χ1n) is 3.53. The molecule has 1 aromatic heterocycles. The number of hydrogen-bond acceptors (Lipinski definition) is 4. The minimum Gasteiger partial charge on any atom is -0.321 e. The molecule has 0 unspecified atom stereocenters. The second-order valence-corrected chi connectivity index (χ2v) is 3.09. The van der Waals surface area contributed by atoms with Crippen molar-refractivity contribution in [1.29, 1.82) is 0 Å². The van der Waals surface area contributed by atoms with Gasteiger partial charge in [-0.05, 0) is 15.9 Å². The van der Waals surface area contributed by atoms with E-state index in [2.05, 4.69) is 33.0 Å². The summed E-state index contributed by atoms with van der Waals surface area (Å²) in [5.41, 5.74) is 2.58. The Bertz CT molecular complexity index is 373. The van der Waals surface area contributed by atoms with Crippen LogP contribution in [0.2, 0.25) is 0 Å². The summed E-state index contributed by atoms with van der Waals surface area (Å²) in [5, 5.41) is 3.86. The summed E-state index contributed by atoms with van der Waals surface area (Å²) >= 11 is 3.11. The van der Waals surface area contributed by atoms with Gasteiger partial charge < -0.3 is 5.43 Å². The Morgan fingerprint density at radius 2 is 2.54 bits per heavy atom. The van der Waals surface area contributed by atoms with E-state index in [0.29, 0.717) is 16.7 Å². The van der Waals surface area contributed by atoms with E-state index in [1.165, 1.54) is 10.9 Å². The van der Waals surface area contributed by atoms with Crippen LogP contribution in [0.15, 0.2) is 28.1 Å². The van der Waals surface area contributed by atoms with E-state index in [0.717, 1.165) is 0 Å². The van der Waals surface area contributed by atoms with Gasteiger partial charge >= 0.3 is 0 Å². The van der Waals surface area contributed by atoms with Gasteiger partial charge in [0.1, 0.15) is 4.47 Å². The van der Waals surface area contributed by atoms with Crippen molar-refractivity contribution in [3.05, 3.63) is 33.7 Å². The smallest absolute Gasteiger partial charge is 0.283 e. The third-order valence-corrected chi connectivity index (χ3v) is 2.21. The van der Waals surface area contributed by atoms with Crippen LogP contribution in [0.4, 0.5) is 5.69 Å². The third-order valence-electron chi connectivity index (χ3n) is 1.44. The fraction of sp³-hybridized carbons (Fsp3) is 0.143. The molecule has 3 N–H and O–H groups in total. The molecule has 0 aliphatic heterocycles. The number of nitrogen functional groups attached to an aromatic ring is 1. The van der Waals surface area contributed by atoms with Gasteiger partial charge in [-0.15, -0.1) is 6.58 Å². The van der Waals surface area contributed by atoms with Gasteiger partial charge in [0.15, 0.2) is 0 Å². The van der Waals surface area contributed by atoms with Crippen molar-refractivity contribution in [3.63, 3.8) is 0 Å². The van der Waals surface area contributed by atoms with Crippen LogP contribution in [-0.4, -0.2) is 9.78 Å². The summed E-state index contributed by atoms with van der Waals surface area (Å²) in [6.45, 7) is 3.89. The van der Waals surface area contributed by atoms with E-state index in [1.807, 2.05) is 0 Å². The van der Waals surface area contributed by atoms with Crippen molar-refractivity contribution >= 4 is 21.6 Å². The Morgan fingerprint density at radius 3 is 3.08 bits per heavy atom. The molecule has 0 atom stereocenters. The summed E-state index contributed by atoms with van der Waals surface area (Å²) < 4.78 is 1.64. The molecule has 0 saturated carbocycles. The van der Waals surface area contributed by atoms with E-state index in [-0.39, 0.29) is 5.56 Å². The summed E-state index contributed by atoms with van der Waals surface area (Å²) in [4.78, 5) is 11.4. The van der Waals surface area contributed by atoms with Crippen LogP contribution in [0, 0.1) is 0 Å². The Kier molecular flexibility index (Phi) is 3.21. The van der Waals surface area contributed by atoms with Gasteiger partial charge in [-0.2, -0.15) is 5.10 Å². The van der Waals surface area contributed by atoms with E-state index in [9.17, 15) is 4.79 Å². The van der Waals surface area contributed by atoms with E-state index >= 15 is 0 Å².